The van der Waals surface area contributed by atoms with E-state index in [2.05, 4.69) is 32.5 Å². The number of thiazole rings is 1. The fraction of sp³-hybridized carbons (Fsp3) is 0.133. The van der Waals surface area contributed by atoms with Gasteiger partial charge in [-0.3, -0.25) is 0 Å². The molecule has 21 heavy (non-hydrogen) atoms. The van der Waals surface area contributed by atoms with Crippen LogP contribution >= 0.6 is 23.1 Å². The summed E-state index contributed by atoms with van der Waals surface area (Å²) in [4.78, 5) is 13.2. The molecule has 0 aliphatic carbocycles. The summed E-state index contributed by atoms with van der Waals surface area (Å²) in [6, 6.07) is 11.9. The summed E-state index contributed by atoms with van der Waals surface area (Å²) in [6.45, 7) is 1.92. The molecular weight excluding hydrogens is 300 g/mol. The van der Waals surface area contributed by atoms with Crippen molar-refractivity contribution in [3.8, 4) is 11.3 Å². The molecule has 0 saturated carbocycles. The summed E-state index contributed by atoms with van der Waals surface area (Å²) in [5.74, 6) is 1.26. The van der Waals surface area contributed by atoms with Crippen LogP contribution in [-0.4, -0.2) is 15.0 Å². The first kappa shape index (κ1) is 14.0. The minimum absolute atomic E-state index is 0.508. The SMILES string of the molecule is Cc1cc(N)nc(SCc2nc(-c3ccccc3)cs2)n1. The van der Waals surface area contributed by atoms with E-state index in [1.807, 2.05) is 25.1 Å². The van der Waals surface area contributed by atoms with Crippen LogP contribution in [0.2, 0.25) is 0 Å². The highest BCUT2D eigenvalue weighted by molar-refractivity contribution is 7.98. The lowest BCUT2D eigenvalue weighted by Crippen LogP contribution is -1.96. The molecule has 0 spiro atoms. The van der Waals surface area contributed by atoms with Crippen molar-refractivity contribution in [2.24, 2.45) is 0 Å². The van der Waals surface area contributed by atoms with Crippen molar-refractivity contribution >= 4 is 28.9 Å². The van der Waals surface area contributed by atoms with Gasteiger partial charge in [0.2, 0.25) is 0 Å². The van der Waals surface area contributed by atoms with E-state index >= 15 is 0 Å². The Hall–Kier alpha value is -1.92. The van der Waals surface area contributed by atoms with Crippen molar-refractivity contribution in [3.05, 3.63) is 52.5 Å². The van der Waals surface area contributed by atoms with Crippen LogP contribution in [-0.2, 0) is 5.75 Å². The summed E-state index contributed by atoms with van der Waals surface area (Å²) < 4.78 is 0. The van der Waals surface area contributed by atoms with Gasteiger partial charge in [-0.1, -0.05) is 42.1 Å². The van der Waals surface area contributed by atoms with Crippen molar-refractivity contribution in [3.63, 3.8) is 0 Å². The average Bonchev–Trinajstić information content (AvgIpc) is 2.94. The molecule has 4 nitrogen and oxygen atoms in total. The molecule has 0 unspecified atom stereocenters. The van der Waals surface area contributed by atoms with Gasteiger partial charge in [0, 0.05) is 22.7 Å². The number of thioether (sulfide) groups is 1. The third kappa shape index (κ3) is 3.59. The smallest absolute Gasteiger partial charge is 0.190 e. The molecule has 0 amide bonds. The summed E-state index contributed by atoms with van der Waals surface area (Å²) in [6.07, 6.45) is 0. The maximum absolute atomic E-state index is 5.73. The molecule has 0 bridgehead atoms. The second-order valence-electron chi connectivity index (χ2n) is 4.50. The van der Waals surface area contributed by atoms with Crippen LogP contribution in [0.4, 0.5) is 5.82 Å². The van der Waals surface area contributed by atoms with Crippen LogP contribution in [0.15, 0.2) is 46.9 Å². The molecule has 6 heteroatoms. The summed E-state index contributed by atoms with van der Waals surface area (Å²) >= 11 is 3.21. The van der Waals surface area contributed by atoms with Crippen LogP contribution in [0, 0.1) is 6.92 Å². The molecule has 3 rings (SSSR count). The minimum Gasteiger partial charge on any atom is -0.384 e. The standard InChI is InChI=1S/C15H14N4S2/c1-10-7-13(16)19-15(17-10)21-9-14-18-12(8-20-14)11-5-3-2-4-6-11/h2-8H,9H2,1H3,(H2,16,17,19). The normalized spacial score (nSPS) is 10.7. The third-order valence-corrected chi connectivity index (χ3v) is 4.69. The fourth-order valence-electron chi connectivity index (χ4n) is 1.87. The van der Waals surface area contributed by atoms with E-state index in [1.54, 1.807) is 29.2 Å². The molecule has 0 aliphatic rings. The van der Waals surface area contributed by atoms with E-state index < -0.39 is 0 Å². The van der Waals surface area contributed by atoms with E-state index in [4.69, 9.17) is 5.73 Å². The van der Waals surface area contributed by atoms with Gasteiger partial charge >= 0.3 is 0 Å². The molecule has 0 saturated heterocycles. The predicted octanol–water partition coefficient (Wildman–Crippen LogP) is 3.78. The lowest BCUT2D eigenvalue weighted by atomic mass is 10.2. The van der Waals surface area contributed by atoms with E-state index in [0.717, 1.165) is 27.7 Å². The molecule has 0 atom stereocenters. The maximum Gasteiger partial charge on any atom is 0.190 e. The van der Waals surface area contributed by atoms with Gasteiger partial charge < -0.3 is 5.73 Å². The highest BCUT2D eigenvalue weighted by Gasteiger charge is 2.07. The number of benzene rings is 1. The fourth-order valence-corrected chi connectivity index (χ4v) is 3.61. The lowest BCUT2D eigenvalue weighted by molar-refractivity contribution is 0.940. The van der Waals surface area contributed by atoms with E-state index in [0.29, 0.717) is 11.0 Å². The quantitative estimate of drug-likeness (QED) is 0.586. The van der Waals surface area contributed by atoms with E-state index in [1.165, 1.54) is 0 Å². The number of nitrogens with two attached hydrogens (primary N) is 1. The number of aromatic nitrogens is 3. The lowest BCUT2D eigenvalue weighted by Gasteiger charge is -2.01. The van der Waals surface area contributed by atoms with Crippen LogP contribution in [0.25, 0.3) is 11.3 Å². The minimum atomic E-state index is 0.508. The van der Waals surface area contributed by atoms with Gasteiger partial charge in [0.05, 0.1) is 11.4 Å². The highest BCUT2D eigenvalue weighted by Crippen LogP contribution is 2.26. The van der Waals surface area contributed by atoms with Crippen LogP contribution in [0.3, 0.4) is 0 Å². The third-order valence-electron chi connectivity index (χ3n) is 2.80. The molecule has 0 fully saturated rings. The number of nitrogen functional groups attached to an aromatic ring is 1. The van der Waals surface area contributed by atoms with Gasteiger partial charge in [0.1, 0.15) is 10.8 Å². The van der Waals surface area contributed by atoms with E-state index in [9.17, 15) is 0 Å². The predicted molar refractivity (Wildman–Crippen MR) is 88.3 cm³/mol. The summed E-state index contributed by atoms with van der Waals surface area (Å²) in [5.41, 5.74) is 8.77. The number of hydrogen-bond acceptors (Lipinski definition) is 6. The van der Waals surface area contributed by atoms with Crippen LogP contribution < -0.4 is 5.73 Å². The first-order valence-corrected chi connectivity index (χ1v) is 8.31. The highest BCUT2D eigenvalue weighted by atomic mass is 32.2. The first-order chi connectivity index (χ1) is 10.2. The number of rotatable bonds is 4. The Balaban J connectivity index is 1.70. The second kappa shape index (κ2) is 6.24. The second-order valence-corrected chi connectivity index (χ2v) is 6.38. The van der Waals surface area contributed by atoms with Gasteiger partial charge in [0.25, 0.3) is 0 Å². The van der Waals surface area contributed by atoms with Crippen molar-refractivity contribution in [2.45, 2.75) is 17.8 Å². The Labute approximate surface area is 131 Å². The van der Waals surface area contributed by atoms with Crippen molar-refractivity contribution < 1.29 is 0 Å². The number of hydrogen-bond donors (Lipinski definition) is 1. The van der Waals surface area contributed by atoms with Crippen molar-refractivity contribution in [1.82, 2.24) is 15.0 Å². The van der Waals surface area contributed by atoms with Crippen LogP contribution in [0.5, 0.6) is 0 Å². The Kier molecular flexibility index (Phi) is 4.17. The molecule has 0 radical (unpaired) electrons. The number of nitrogens with zero attached hydrogens (tertiary/aromatic N) is 3. The van der Waals surface area contributed by atoms with Gasteiger partial charge in [0.15, 0.2) is 5.16 Å². The molecule has 0 aliphatic heterocycles. The van der Waals surface area contributed by atoms with Gasteiger partial charge in [-0.2, -0.15) is 0 Å². The average molecular weight is 314 g/mol. The zero-order chi connectivity index (χ0) is 14.7. The molecule has 106 valence electrons. The van der Waals surface area contributed by atoms with Crippen molar-refractivity contribution in [2.75, 3.05) is 5.73 Å². The molecular formula is C15H14N4S2. The Morgan fingerprint density at radius 3 is 2.71 bits per heavy atom. The molecule has 1 aromatic carbocycles. The number of aryl methyl sites for hydroxylation is 1. The largest absolute Gasteiger partial charge is 0.384 e. The van der Waals surface area contributed by atoms with Gasteiger partial charge in [-0.05, 0) is 6.92 Å². The van der Waals surface area contributed by atoms with Gasteiger partial charge in [-0.15, -0.1) is 11.3 Å². The zero-order valence-electron chi connectivity index (χ0n) is 11.5. The topological polar surface area (TPSA) is 64.7 Å². The molecule has 3 aromatic rings. The monoisotopic (exact) mass is 314 g/mol. The maximum atomic E-state index is 5.73. The van der Waals surface area contributed by atoms with E-state index in [-0.39, 0.29) is 0 Å². The van der Waals surface area contributed by atoms with Crippen molar-refractivity contribution in [1.29, 1.82) is 0 Å². The van der Waals surface area contributed by atoms with Crippen LogP contribution in [0.1, 0.15) is 10.7 Å². The summed E-state index contributed by atoms with van der Waals surface area (Å²) in [5, 5.41) is 3.84. The Bertz CT molecular complexity index is 720. The Morgan fingerprint density at radius 1 is 1.14 bits per heavy atom. The van der Waals surface area contributed by atoms with Gasteiger partial charge in [-0.25, -0.2) is 15.0 Å². The molecule has 2 N–H and O–H groups in total. The number of anilines is 1. The Morgan fingerprint density at radius 2 is 1.95 bits per heavy atom. The summed E-state index contributed by atoms with van der Waals surface area (Å²) in [7, 11) is 0. The zero-order valence-corrected chi connectivity index (χ0v) is 13.1. The molecule has 2 aromatic heterocycles. The molecule has 2 heterocycles. The first-order valence-electron chi connectivity index (χ1n) is 6.44.